The molecule has 1 heterocycles. The molecule has 0 amide bonds. The van der Waals surface area contributed by atoms with Gasteiger partial charge in [0.25, 0.3) is 0 Å². The van der Waals surface area contributed by atoms with Gasteiger partial charge in [0.15, 0.2) is 0 Å². The quantitative estimate of drug-likeness (QED) is 0.289. The highest BCUT2D eigenvalue weighted by Gasteiger charge is 2.32. The normalized spacial score (nSPS) is 15.8. The SMILES string of the molecule is C/C=C\C1=C(N)C(c2ccccc2N(c2ccccc2)c2ccp(C)c2)c2cc(Br)ccc21. The van der Waals surface area contributed by atoms with Crippen molar-refractivity contribution in [2.45, 2.75) is 12.8 Å². The highest BCUT2D eigenvalue weighted by atomic mass is 79.9. The Morgan fingerprint density at radius 1 is 0.909 bits per heavy atom. The maximum absolute atomic E-state index is 6.89. The van der Waals surface area contributed by atoms with Crippen LogP contribution in [0.1, 0.15) is 29.5 Å². The van der Waals surface area contributed by atoms with Gasteiger partial charge in [-0.15, -0.1) is 7.53 Å². The first kappa shape index (κ1) is 21.8. The van der Waals surface area contributed by atoms with E-state index in [0.29, 0.717) is 0 Å². The van der Waals surface area contributed by atoms with E-state index in [1.54, 1.807) is 0 Å². The van der Waals surface area contributed by atoms with E-state index in [4.69, 9.17) is 5.73 Å². The first-order chi connectivity index (χ1) is 16.1. The molecule has 0 saturated heterocycles. The van der Waals surface area contributed by atoms with Crippen LogP contribution in [-0.2, 0) is 6.66 Å². The Morgan fingerprint density at radius 3 is 2.39 bits per heavy atom. The van der Waals surface area contributed by atoms with Gasteiger partial charge in [-0.25, -0.2) is 0 Å². The Labute approximate surface area is 205 Å². The zero-order valence-corrected chi connectivity index (χ0v) is 21.2. The lowest BCUT2D eigenvalue weighted by molar-refractivity contribution is 0.951. The lowest BCUT2D eigenvalue weighted by atomic mass is 9.89. The summed E-state index contributed by atoms with van der Waals surface area (Å²) in [5.74, 6) is 4.67. The minimum atomic E-state index is -0.239. The van der Waals surface area contributed by atoms with Crippen LogP contribution in [0.25, 0.3) is 5.57 Å². The van der Waals surface area contributed by atoms with E-state index in [1.165, 1.54) is 22.4 Å². The molecule has 5 rings (SSSR count). The summed E-state index contributed by atoms with van der Waals surface area (Å²) in [6.45, 7) is 4.32. The van der Waals surface area contributed by atoms with E-state index in [1.807, 2.05) is 6.92 Å². The molecule has 0 bridgehead atoms. The Bertz CT molecular complexity index is 1370. The number of allylic oxidation sites excluding steroid dienone is 4. The van der Waals surface area contributed by atoms with Gasteiger partial charge in [0.1, 0.15) is 0 Å². The predicted molar refractivity (Wildman–Crippen MR) is 147 cm³/mol. The Kier molecular flexibility index (Phi) is 6.01. The molecule has 3 aromatic carbocycles. The summed E-state index contributed by atoms with van der Waals surface area (Å²) in [6, 6.07) is 28.0. The number of aryl methyl sites for hydroxylation is 1. The van der Waals surface area contributed by atoms with Crippen LogP contribution in [0.4, 0.5) is 17.1 Å². The molecule has 0 saturated carbocycles. The molecule has 2 unspecified atom stereocenters. The van der Waals surface area contributed by atoms with E-state index in [-0.39, 0.29) is 13.5 Å². The highest BCUT2D eigenvalue weighted by molar-refractivity contribution is 9.10. The monoisotopic (exact) mass is 512 g/mol. The average molecular weight is 513 g/mol. The number of fused-ring (bicyclic) bond motifs is 1. The zero-order chi connectivity index (χ0) is 22.9. The molecular formula is C29H26BrN2P. The predicted octanol–water partition coefficient (Wildman–Crippen LogP) is 8.83. The number of para-hydroxylation sites is 2. The van der Waals surface area contributed by atoms with Crippen LogP contribution in [0.2, 0.25) is 0 Å². The Balaban J connectivity index is 1.75. The summed E-state index contributed by atoms with van der Waals surface area (Å²) in [6.07, 6.45) is 4.20. The van der Waals surface area contributed by atoms with Crippen molar-refractivity contribution in [1.82, 2.24) is 0 Å². The number of rotatable bonds is 5. The summed E-state index contributed by atoms with van der Waals surface area (Å²) >= 11 is 3.68. The topological polar surface area (TPSA) is 29.3 Å². The summed E-state index contributed by atoms with van der Waals surface area (Å²) in [7, 11) is -0.239. The fourth-order valence-corrected chi connectivity index (χ4v) is 6.22. The van der Waals surface area contributed by atoms with Gasteiger partial charge in [0.05, 0.1) is 17.3 Å². The van der Waals surface area contributed by atoms with Gasteiger partial charge in [-0.05, 0) is 78.3 Å². The molecule has 4 heteroatoms. The summed E-state index contributed by atoms with van der Waals surface area (Å²) < 4.78 is 1.07. The molecule has 33 heavy (non-hydrogen) atoms. The maximum atomic E-state index is 6.89. The molecule has 0 radical (unpaired) electrons. The minimum absolute atomic E-state index is 0.0137. The van der Waals surface area contributed by atoms with Gasteiger partial charge in [-0.3, -0.25) is 0 Å². The number of hydrogen-bond acceptors (Lipinski definition) is 2. The molecule has 0 spiro atoms. The van der Waals surface area contributed by atoms with Gasteiger partial charge in [0.2, 0.25) is 0 Å². The molecule has 0 fully saturated rings. The van der Waals surface area contributed by atoms with E-state index < -0.39 is 0 Å². The smallest absolute Gasteiger partial charge is 0.0518 e. The lowest BCUT2D eigenvalue weighted by Crippen LogP contribution is -2.16. The second-order valence-electron chi connectivity index (χ2n) is 8.30. The van der Waals surface area contributed by atoms with Crippen LogP contribution < -0.4 is 10.6 Å². The van der Waals surface area contributed by atoms with Crippen LogP contribution in [0.5, 0.6) is 0 Å². The fraction of sp³-hybridized carbons (Fsp3) is 0.103. The molecule has 1 aliphatic rings. The number of hydrogen-bond donors (Lipinski definition) is 1. The van der Waals surface area contributed by atoms with Crippen LogP contribution in [0.3, 0.4) is 0 Å². The van der Waals surface area contributed by atoms with Crippen molar-refractivity contribution in [2.75, 3.05) is 4.90 Å². The van der Waals surface area contributed by atoms with Gasteiger partial charge in [-0.1, -0.05) is 70.5 Å². The second kappa shape index (κ2) is 9.09. The first-order valence-electron chi connectivity index (χ1n) is 11.1. The van der Waals surface area contributed by atoms with E-state index >= 15 is 0 Å². The van der Waals surface area contributed by atoms with Crippen molar-refractivity contribution < 1.29 is 0 Å². The van der Waals surface area contributed by atoms with Gasteiger partial charge >= 0.3 is 0 Å². The largest absolute Gasteiger partial charge is 0.401 e. The van der Waals surface area contributed by atoms with E-state index in [2.05, 4.69) is 130 Å². The van der Waals surface area contributed by atoms with E-state index in [0.717, 1.165) is 27.1 Å². The fourth-order valence-electron chi connectivity index (χ4n) is 4.74. The number of nitrogens with two attached hydrogens (primary N) is 1. The molecule has 2 N–H and O–H groups in total. The second-order valence-corrected chi connectivity index (χ2v) is 11.1. The zero-order valence-electron chi connectivity index (χ0n) is 18.7. The first-order valence-corrected chi connectivity index (χ1v) is 13.8. The highest BCUT2D eigenvalue weighted by Crippen LogP contribution is 2.50. The third kappa shape index (κ3) is 3.97. The van der Waals surface area contributed by atoms with Crippen molar-refractivity contribution in [3.63, 3.8) is 0 Å². The van der Waals surface area contributed by atoms with Crippen molar-refractivity contribution in [3.05, 3.63) is 129 Å². The molecule has 1 aromatic heterocycles. The minimum Gasteiger partial charge on any atom is -0.401 e. The lowest BCUT2D eigenvalue weighted by Gasteiger charge is -2.29. The number of benzene rings is 3. The summed E-state index contributed by atoms with van der Waals surface area (Å²) in [5.41, 5.74) is 16.1. The van der Waals surface area contributed by atoms with Crippen molar-refractivity contribution in [3.8, 4) is 0 Å². The third-order valence-corrected chi connectivity index (χ3v) is 7.93. The van der Waals surface area contributed by atoms with Crippen molar-refractivity contribution >= 4 is 46.1 Å². The summed E-state index contributed by atoms with van der Waals surface area (Å²) in [5, 5.41) is 0. The number of nitrogens with zero attached hydrogens (tertiary/aromatic N) is 1. The number of anilines is 3. The van der Waals surface area contributed by atoms with Gasteiger partial charge in [0, 0.05) is 21.4 Å². The van der Waals surface area contributed by atoms with Gasteiger partial charge in [-0.2, -0.15) is 0 Å². The molecule has 0 aliphatic heterocycles. The van der Waals surface area contributed by atoms with Crippen LogP contribution >= 0.6 is 23.5 Å². The van der Waals surface area contributed by atoms with Gasteiger partial charge < -0.3 is 10.6 Å². The van der Waals surface area contributed by atoms with Crippen LogP contribution in [0.15, 0.2) is 113 Å². The van der Waals surface area contributed by atoms with E-state index in [9.17, 15) is 0 Å². The number of halogens is 1. The summed E-state index contributed by atoms with van der Waals surface area (Å²) in [4.78, 5) is 2.37. The molecule has 1 aliphatic carbocycles. The maximum Gasteiger partial charge on any atom is 0.0518 e. The van der Waals surface area contributed by atoms with Crippen LogP contribution in [0, 0.1) is 0 Å². The molecular weight excluding hydrogens is 487 g/mol. The Hall–Kier alpha value is -3.00. The van der Waals surface area contributed by atoms with Crippen LogP contribution in [-0.4, -0.2) is 0 Å². The molecule has 2 atom stereocenters. The van der Waals surface area contributed by atoms with Crippen molar-refractivity contribution in [2.24, 2.45) is 12.4 Å². The van der Waals surface area contributed by atoms with Crippen molar-refractivity contribution in [1.29, 1.82) is 0 Å². The molecule has 4 aromatic rings. The average Bonchev–Trinajstić information content (AvgIpc) is 3.36. The third-order valence-electron chi connectivity index (χ3n) is 6.15. The molecule has 164 valence electrons. The standard InChI is InChI=1S/C29H26BrN2P/c1-3-9-24-23-15-14-20(30)18-26(23)28(29(24)31)25-12-7-8-13-27(25)32(21-10-5-4-6-11-21)22-16-17-33(2)19-22/h3-19,28H,31H2,1-2H3/b9-3-. The Morgan fingerprint density at radius 2 is 1.67 bits per heavy atom. The molecule has 2 nitrogen and oxygen atoms in total.